The predicted octanol–water partition coefficient (Wildman–Crippen LogP) is 3.45. The Labute approximate surface area is 145 Å². The van der Waals surface area contributed by atoms with Gasteiger partial charge in [-0.1, -0.05) is 15.9 Å². The van der Waals surface area contributed by atoms with Crippen LogP contribution in [0.15, 0.2) is 28.9 Å². The molecule has 5 nitrogen and oxygen atoms in total. The monoisotopic (exact) mass is 399 g/mol. The van der Waals surface area contributed by atoms with E-state index in [1.807, 2.05) is 0 Å². The normalized spacial score (nSPS) is 20.9. The number of aromatic carboxylic acids is 1. The first kappa shape index (κ1) is 17.0. The van der Waals surface area contributed by atoms with E-state index in [-0.39, 0.29) is 24.2 Å². The lowest BCUT2D eigenvalue weighted by Gasteiger charge is -2.37. The minimum Gasteiger partial charge on any atom is -0.478 e. The molecule has 128 valence electrons. The molecule has 0 aliphatic carbocycles. The second kappa shape index (κ2) is 6.25. The SMILES string of the molecule is CN1CCC(Nc2c(C(=O)O)cnc3ccc(Br)cc23)C(F)(F)C1. The van der Waals surface area contributed by atoms with Crippen LogP contribution in [0.3, 0.4) is 0 Å². The molecule has 1 fully saturated rings. The van der Waals surface area contributed by atoms with E-state index in [0.29, 0.717) is 17.4 Å². The number of anilines is 1. The standard InChI is InChI=1S/C16H16BrF2N3O2/c1-22-5-4-13(16(18,19)8-22)21-14-10-6-9(17)2-3-12(10)20-7-11(14)15(23)24/h2-3,6-7,13H,4-5,8H2,1H3,(H,20,21)(H,23,24). The van der Waals surface area contributed by atoms with Crippen molar-refractivity contribution in [3.8, 4) is 0 Å². The maximum Gasteiger partial charge on any atom is 0.339 e. The minimum atomic E-state index is -2.95. The Balaban J connectivity index is 2.08. The highest BCUT2D eigenvalue weighted by Gasteiger charge is 2.44. The third kappa shape index (κ3) is 3.21. The van der Waals surface area contributed by atoms with Crippen LogP contribution in [0, 0.1) is 0 Å². The molecule has 0 bridgehead atoms. The van der Waals surface area contributed by atoms with Gasteiger partial charge in [-0.25, -0.2) is 13.6 Å². The number of nitrogens with zero attached hydrogens (tertiary/aromatic N) is 2. The van der Waals surface area contributed by atoms with Gasteiger partial charge in [0.1, 0.15) is 5.56 Å². The number of fused-ring (bicyclic) bond motifs is 1. The van der Waals surface area contributed by atoms with Crippen LogP contribution in [-0.2, 0) is 0 Å². The van der Waals surface area contributed by atoms with Gasteiger partial charge in [0.15, 0.2) is 0 Å². The van der Waals surface area contributed by atoms with Gasteiger partial charge in [0.25, 0.3) is 5.92 Å². The van der Waals surface area contributed by atoms with E-state index in [9.17, 15) is 18.7 Å². The molecule has 1 atom stereocenters. The van der Waals surface area contributed by atoms with E-state index in [1.54, 1.807) is 30.1 Å². The van der Waals surface area contributed by atoms with Crippen LogP contribution in [0.5, 0.6) is 0 Å². The third-order valence-corrected chi connectivity index (χ3v) is 4.66. The number of hydrogen-bond donors (Lipinski definition) is 2. The molecule has 1 aliphatic heterocycles. The van der Waals surface area contributed by atoms with Gasteiger partial charge in [0, 0.05) is 22.6 Å². The topological polar surface area (TPSA) is 65.5 Å². The Kier molecular flexibility index (Phi) is 4.44. The molecule has 1 aromatic heterocycles. The number of carboxylic acids is 1. The number of piperidine rings is 1. The lowest BCUT2D eigenvalue weighted by molar-refractivity contribution is -0.0673. The molecule has 3 rings (SSSR count). The summed E-state index contributed by atoms with van der Waals surface area (Å²) in [6, 6.07) is 4.04. The van der Waals surface area contributed by atoms with Gasteiger partial charge in [-0.3, -0.25) is 4.98 Å². The Hall–Kier alpha value is -1.80. The fraction of sp³-hybridized carbons (Fsp3) is 0.375. The van der Waals surface area contributed by atoms with E-state index in [1.165, 1.54) is 6.20 Å². The summed E-state index contributed by atoms with van der Waals surface area (Å²) in [4.78, 5) is 17.2. The first-order valence-corrected chi connectivity index (χ1v) is 8.22. The quantitative estimate of drug-likeness (QED) is 0.827. The number of alkyl halides is 2. The Morgan fingerprint density at radius 1 is 1.50 bits per heavy atom. The molecule has 1 saturated heterocycles. The first-order chi connectivity index (χ1) is 11.3. The summed E-state index contributed by atoms with van der Waals surface area (Å²) in [5.74, 6) is -4.16. The van der Waals surface area contributed by atoms with Gasteiger partial charge >= 0.3 is 5.97 Å². The molecule has 1 aliphatic rings. The number of carbonyl (C=O) groups is 1. The number of carboxylic acid groups (broad SMARTS) is 1. The van der Waals surface area contributed by atoms with Crippen LogP contribution in [0.1, 0.15) is 16.8 Å². The summed E-state index contributed by atoms with van der Waals surface area (Å²) >= 11 is 3.33. The molecular weight excluding hydrogens is 384 g/mol. The van der Waals surface area contributed by atoms with Crippen molar-refractivity contribution >= 4 is 38.5 Å². The Bertz CT molecular complexity index is 800. The summed E-state index contributed by atoms with van der Waals surface area (Å²) in [7, 11) is 1.64. The molecule has 24 heavy (non-hydrogen) atoms. The van der Waals surface area contributed by atoms with E-state index in [2.05, 4.69) is 26.2 Å². The largest absolute Gasteiger partial charge is 0.478 e. The maximum atomic E-state index is 14.3. The van der Waals surface area contributed by atoms with E-state index in [0.717, 1.165) is 4.47 Å². The fourth-order valence-electron chi connectivity index (χ4n) is 2.94. The van der Waals surface area contributed by atoms with Crippen LogP contribution in [0.2, 0.25) is 0 Å². The van der Waals surface area contributed by atoms with Crippen molar-refractivity contribution in [2.45, 2.75) is 18.4 Å². The van der Waals surface area contributed by atoms with Crippen molar-refractivity contribution in [2.24, 2.45) is 0 Å². The summed E-state index contributed by atoms with van der Waals surface area (Å²) in [6.45, 7) is 0.155. The number of aromatic nitrogens is 1. The summed E-state index contributed by atoms with van der Waals surface area (Å²) in [5, 5.41) is 12.7. The molecule has 0 saturated carbocycles. The Morgan fingerprint density at radius 3 is 2.92 bits per heavy atom. The zero-order chi connectivity index (χ0) is 17.5. The van der Waals surface area contributed by atoms with Crippen LogP contribution < -0.4 is 5.32 Å². The van der Waals surface area contributed by atoms with Gasteiger partial charge in [-0.05, 0) is 31.7 Å². The number of likely N-dealkylation sites (tertiary alicyclic amines) is 1. The summed E-state index contributed by atoms with van der Waals surface area (Å²) in [5.41, 5.74) is 0.611. The fourth-order valence-corrected chi connectivity index (χ4v) is 3.31. The van der Waals surface area contributed by atoms with Crippen molar-refractivity contribution < 1.29 is 18.7 Å². The maximum absolute atomic E-state index is 14.3. The van der Waals surface area contributed by atoms with E-state index < -0.39 is 17.9 Å². The number of nitrogens with one attached hydrogen (secondary N) is 1. The van der Waals surface area contributed by atoms with Crippen molar-refractivity contribution in [3.05, 3.63) is 34.4 Å². The van der Waals surface area contributed by atoms with Gasteiger partial charge in [0.05, 0.1) is 23.8 Å². The minimum absolute atomic E-state index is 0.115. The molecule has 2 N–H and O–H groups in total. The molecule has 2 heterocycles. The van der Waals surface area contributed by atoms with E-state index >= 15 is 0 Å². The zero-order valence-corrected chi connectivity index (χ0v) is 14.5. The summed E-state index contributed by atoms with van der Waals surface area (Å²) in [6.07, 6.45) is 1.42. The highest BCUT2D eigenvalue weighted by atomic mass is 79.9. The van der Waals surface area contributed by atoms with Crippen molar-refractivity contribution in [3.63, 3.8) is 0 Å². The third-order valence-electron chi connectivity index (χ3n) is 4.17. The lowest BCUT2D eigenvalue weighted by atomic mass is 9.99. The molecule has 0 amide bonds. The molecule has 8 heteroatoms. The second-order valence-corrected chi connectivity index (χ2v) is 6.91. The van der Waals surface area contributed by atoms with Crippen molar-refractivity contribution in [1.29, 1.82) is 0 Å². The highest BCUT2D eigenvalue weighted by molar-refractivity contribution is 9.10. The van der Waals surface area contributed by atoms with Gasteiger partial charge < -0.3 is 15.3 Å². The predicted molar refractivity (Wildman–Crippen MR) is 90.9 cm³/mol. The van der Waals surface area contributed by atoms with Gasteiger partial charge in [-0.15, -0.1) is 0 Å². The van der Waals surface area contributed by atoms with Crippen molar-refractivity contribution in [1.82, 2.24) is 9.88 Å². The van der Waals surface area contributed by atoms with E-state index in [4.69, 9.17) is 0 Å². The number of benzene rings is 1. The first-order valence-electron chi connectivity index (χ1n) is 7.42. The van der Waals surface area contributed by atoms with Crippen LogP contribution in [0.25, 0.3) is 10.9 Å². The summed E-state index contributed by atoms with van der Waals surface area (Å²) < 4.78 is 29.4. The molecule has 1 unspecified atom stereocenters. The second-order valence-electron chi connectivity index (χ2n) is 6.00. The van der Waals surface area contributed by atoms with Crippen LogP contribution in [-0.4, -0.2) is 53.1 Å². The average molecular weight is 400 g/mol. The van der Waals surface area contributed by atoms with Crippen LogP contribution in [0.4, 0.5) is 14.5 Å². The Morgan fingerprint density at radius 2 is 2.25 bits per heavy atom. The zero-order valence-electron chi connectivity index (χ0n) is 12.9. The highest BCUT2D eigenvalue weighted by Crippen LogP contribution is 2.34. The van der Waals surface area contributed by atoms with Crippen molar-refractivity contribution in [2.75, 3.05) is 25.5 Å². The number of pyridine rings is 1. The molecule has 0 spiro atoms. The molecule has 1 aromatic carbocycles. The lowest BCUT2D eigenvalue weighted by Crippen LogP contribution is -2.53. The number of halogens is 3. The van der Waals surface area contributed by atoms with Crippen LogP contribution >= 0.6 is 15.9 Å². The number of rotatable bonds is 3. The molecule has 0 radical (unpaired) electrons. The molecule has 2 aromatic rings. The van der Waals surface area contributed by atoms with Gasteiger partial charge in [-0.2, -0.15) is 0 Å². The average Bonchev–Trinajstić information content (AvgIpc) is 2.49. The molecular formula is C16H16BrF2N3O2. The number of hydrogen-bond acceptors (Lipinski definition) is 4. The van der Waals surface area contributed by atoms with Gasteiger partial charge in [0.2, 0.25) is 0 Å². The smallest absolute Gasteiger partial charge is 0.339 e.